The summed E-state index contributed by atoms with van der Waals surface area (Å²) in [5, 5.41) is 2.69. The van der Waals surface area contributed by atoms with Crippen molar-refractivity contribution >= 4 is 17.5 Å². The molecule has 0 aliphatic heterocycles. The van der Waals surface area contributed by atoms with E-state index in [0.717, 1.165) is 22.6 Å². The van der Waals surface area contributed by atoms with E-state index in [1.165, 1.54) is 0 Å². The number of hydrazine groups is 1. The maximum atomic E-state index is 12.1. The van der Waals surface area contributed by atoms with Gasteiger partial charge in [-0.2, -0.15) is 0 Å². The van der Waals surface area contributed by atoms with Gasteiger partial charge < -0.3 is 5.43 Å². The quantitative estimate of drug-likeness (QED) is 0.586. The third-order valence-corrected chi connectivity index (χ3v) is 2.85. The number of hydrogen-bond donors (Lipinski definition) is 3. The van der Waals surface area contributed by atoms with Gasteiger partial charge >= 0.3 is 0 Å². The lowest BCUT2D eigenvalue weighted by Crippen LogP contribution is -2.16. The van der Waals surface area contributed by atoms with Crippen LogP contribution in [-0.2, 0) is 0 Å². The van der Waals surface area contributed by atoms with Crippen molar-refractivity contribution in [2.75, 3.05) is 10.7 Å². The van der Waals surface area contributed by atoms with Crippen molar-refractivity contribution in [2.24, 2.45) is 5.84 Å². The molecule has 0 aliphatic carbocycles. The second-order valence-corrected chi connectivity index (χ2v) is 4.60. The highest BCUT2D eigenvalue weighted by molar-refractivity contribution is 6.03. The molecule has 0 radical (unpaired) electrons. The molecule has 0 saturated carbocycles. The van der Waals surface area contributed by atoms with Crippen LogP contribution in [0, 0.1) is 20.8 Å². The van der Waals surface area contributed by atoms with Crippen LogP contribution in [0.25, 0.3) is 0 Å². The molecule has 6 heteroatoms. The molecule has 1 aromatic carbocycles. The summed E-state index contributed by atoms with van der Waals surface area (Å²) in [4.78, 5) is 20.5. The molecule has 1 heterocycles. The molecular formula is C14H17N5O. The third-order valence-electron chi connectivity index (χ3n) is 2.85. The van der Waals surface area contributed by atoms with E-state index in [9.17, 15) is 4.79 Å². The van der Waals surface area contributed by atoms with Crippen LogP contribution in [0.4, 0.5) is 11.6 Å². The molecule has 20 heavy (non-hydrogen) atoms. The Morgan fingerprint density at radius 1 is 1.10 bits per heavy atom. The van der Waals surface area contributed by atoms with Crippen molar-refractivity contribution in [3.05, 3.63) is 46.8 Å². The number of hydrogen-bond acceptors (Lipinski definition) is 5. The van der Waals surface area contributed by atoms with E-state index in [0.29, 0.717) is 11.5 Å². The van der Waals surface area contributed by atoms with Gasteiger partial charge in [0.25, 0.3) is 5.91 Å². The third kappa shape index (κ3) is 3.10. The second kappa shape index (κ2) is 5.66. The Morgan fingerprint density at radius 3 is 2.30 bits per heavy atom. The predicted molar refractivity (Wildman–Crippen MR) is 78.4 cm³/mol. The molecule has 0 saturated heterocycles. The molecule has 6 nitrogen and oxygen atoms in total. The lowest BCUT2D eigenvalue weighted by atomic mass is 10.1. The number of nitrogens with two attached hydrogens (primary N) is 1. The average Bonchev–Trinajstić information content (AvgIpc) is 2.37. The highest BCUT2D eigenvalue weighted by Crippen LogP contribution is 2.16. The summed E-state index contributed by atoms with van der Waals surface area (Å²) in [6, 6.07) is 7.06. The molecule has 0 atom stereocenters. The molecule has 0 bridgehead atoms. The normalized spacial score (nSPS) is 10.2. The van der Waals surface area contributed by atoms with Crippen LogP contribution in [0.5, 0.6) is 0 Å². The second-order valence-electron chi connectivity index (χ2n) is 4.60. The van der Waals surface area contributed by atoms with E-state index in [4.69, 9.17) is 5.84 Å². The first-order valence-corrected chi connectivity index (χ1v) is 6.20. The zero-order chi connectivity index (χ0) is 14.7. The molecule has 0 aliphatic rings. The number of carbonyl (C=O) groups excluding carboxylic acids is 1. The minimum Gasteiger partial charge on any atom is -0.324 e. The molecule has 0 fully saturated rings. The zero-order valence-corrected chi connectivity index (χ0v) is 11.7. The Hall–Kier alpha value is -2.47. The zero-order valence-electron chi connectivity index (χ0n) is 11.7. The van der Waals surface area contributed by atoms with Crippen LogP contribution < -0.4 is 16.6 Å². The van der Waals surface area contributed by atoms with Crippen LogP contribution >= 0.6 is 0 Å². The molecular weight excluding hydrogens is 254 g/mol. The number of rotatable bonds is 3. The first-order valence-electron chi connectivity index (χ1n) is 6.20. The number of nitrogens with one attached hydrogen (secondary N) is 2. The van der Waals surface area contributed by atoms with Crippen molar-refractivity contribution in [1.82, 2.24) is 9.97 Å². The van der Waals surface area contributed by atoms with Gasteiger partial charge in [-0.1, -0.05) is 0 Å². The van der Waals surface area contributed by atoms with Gasteiger partial charge in [0.05, 0.1) is 5.69 Å². The molecule has 104 valence electrons. The van der Waals surface area contributed by atoms with Crippen LogP contribution in [-0.4, -0.2) is 15.9 Å². The molecule has 1 amide bonds. The number of amides is 1. The fourth-order valence-corrected chi connectivity index (χ4v) is 1.92. The number of carbonyl (C=O) groups is 1. The Labute approximate surface area is 117 Å². The van der Waals surface area contributed by atoms with Gasteiger partial charge in [-0.15, -0.1) is 0 Å². The summed E-state index contributed by atoms with van der Waals surface area (Å²) in [5.41, 5.74) is 6.40. The number of nitrogen functional groups attached to an aromatic ring is 1. The maximum Gasteiger partial charge on any atom is 0.258 e. The fraction of sp³-hybridized carbons (Fsp3) is 0.214. The monoisotopic (exact) mass is 271 g/mol. The Bertz CT molecular complexity index is 634. The van der Waals surface area contributed by atoms with E-state index in [-0.39, 0.29) is 5.91 Å². The summed E-state index contributed by atoms with van der Waals surface area (Å²) >= 11 is 0. The van der Waals surface area contributed by atoms with Gasteiger partial charge in [0.2, 0.25) is 5.95 Å². The lowest BCUT2D eigenvalue weighted by Gasteiger charge is -2.08. The average molecular weight is 271 g/mol. The van der Waals surface area contributed by atoms with Crippen LogP contribution in [0.2, 0.25) is 0 Å². The van der Waals surface area contributed by atoms with Crippen LogP contribution in [0.3, 0.4) is 0 Å². The largest absolute Gasteiger partial charge is 0.324 e. The van der Waals surface area contributed by atoms with E-state index < -0.39 is 0 Å². The number of aryl methyl sites for hydroxylation is 3. The summed E-state index contributed by atoms with van der Waals surface area (Å²) in [6.45, 7) is 5.59. The molecule has 1 aromatic heterocycles. The Kier molecular flexibility index (Phi) is 3.95. The summed E-state index contributed by atoms with van der Waals surface area (Å²) < 4.78 is 0. The van der Waals surface area contributed by atoms with E-state index in [1.54, 1.807) is 18.2 Å². The van der Waals surface area contributed by atoms with Gasteiger partial charge in [-0.25, -0.2) is 9.97 Å². The molecule has 0 spiro atoms. The van der Waals surface area contributed by atoms with Gasteiger partial charge in [-0.05, 0) is 50.6 Å². The van der Waals surface area contributed by atoms with Gasteiger partial charge in [0, 0.05) is 17.0 Å². The van der Waals surface area contributed by atoms with Gasteiger partial charge in [0.15, 0.2) is 0 Å². The highest BCUT2D eigenvalue weighted by Gasteiger charge is 2.10. The highest BCUT2D eigenvalue weighted by atomic mass is 16.1. The van der Waals surface area contributed by atoms with Crippen LogP contribution in [0.15, 0.2) is 24.3 Å². The Morgan fingerprint density at radius 2 is 1.75 bits per heavy atom. The standard InChI is InChI=1S/C14H17N5O/c1-8-6-11(4-5-12(8)19-15)13(20)18-14-16-9(2)7-10(3)17-14/h4-7,19H,15H2,1-3H3,(H,16,17,18,20). The lowest BCUT2D eigenvalue weighted by molar-refractivity contribution is 0.102. The van der Waals surface area contributed by atoms with Crippen molar-refractivity contribution in [3.8, 4) is 0 Å². The number of benzene rings is 1. The van der Waals surface area contributed by atoms with Gasteiger partial charge in [0.1, 0.15) is 0 Å². The van der Waals surface area contributed by atoms with Crippen molar-refractivity contribution in [2.45, 2.75) is 20.8 Å². The van der Waals surface area contributed by atoms with E-state index in [1.807, 2.05) is 26.8 Å². The Balaban J connectivity index is 2.21. The van der Waals surface area contributed by atoms with Crippen LogP contribution in [0.1, 0.15) is 27.3 Å². The summed E-state index contributed by atoms with van der Waals surface area (Å²) in [6.07, 6.45) is 0. The predicted octanol–water partition coefficient (Wildman–Crippen LogP) is 1.94. The smallest absolute Gasteiger partial charge is 0.258 e. The summed E-state index contributed by atoms with van der Waals surface area (Å²) in [5.74, 6) is 5.43. The molecule has 2 aromatic rings. The van der Waals surface area contributed by atoms with Crippen molar-refractivity contribution in [3.63, 3.8) is 0 Å². The van der Waals surface area contributed by atoms with Gasteiger partial charge in [-0.3, -0.25) is 16.0 Å². The van der Waals surface area contributed by atoms with E-state index in [2.05, 4.69) is 20.7 Å². The molecule has 4 N–H and O–H groups in total. The first kappa shape index (κ1) is 14.0. The molecule has 2 rings (SSSR count). The van der Waals surface area contributed by atoms with Crippen molar-refractivity contribution in [1.29, 1.82) is 0 Å². The number of nitrogens with zero attached hydrogens (tertiary/aromatic N) is 2. The maximum absolute atomic E-state index is 12.1. The first-order chi connectivity index (χ1) is 9.49. The summed E-state index contributed by atoms with van der Waals surface area (Å²) in [7, 11) is 0. The number of anilines is 2. The minimum absolute atomic E-state index is 0.248. The topological polar surface area (TPSA) is 92.9 Å². The van der Waals surface area contributed by atoms with E-state index >= 15 is 0 Å². The minimum atomic E-state index is -0.248. The number of aromatic nitrogens is 2. The fourth-order valence-electron chi connectivity index (χ4n) is 1.92. The SMILES string of the molecule is Cc1cc(C)nc(NC(=O)c2ccc(NN)c(C)c2)n1. The van der Waals surface area contributed by atoms with Crippen molar-refractivity contribution < 1.29 is 4.79 Å². The molecule has 0 unspecified atom stereocenters.